The maximum Gasteiger partial charge on any atom is 0.233 e. The molecule has 0 spiro atoms. The van der Waals surface area contributed by atoms with Crippen LogP contribution in [0.1, 0.15) is 13.8 Å². The third-order valence-electron chi connectivity index (χ3n) is 1.52. The summed E-state index contributed by atoms with van der Waals surface area (Å²) in [6, 6.07) is 0.199. The molecule has 4 nitrogen and oxygen atoms in total. The number of amides is 1. The van der Waals surface area contributed by atoms with Crippen LogP contribution in [0, 0.1) is 5.41 Å². The van der Waals surface area contributed by atoms with Crippen molar-refractivity contribution in [2.24, 2.45) is 5.73 Å². The number of carbonyl (C=O) groups is 1. The van der Waals surface area contributed by atoms with E-state index in [0.29, 0.717) is 0 Å². The second kappa shape index (κ2) is 5.03. The first kappa shape index (κ1) is 11.3. The largest absolute Gasteiger partial charge is 0.379 e. The van der Waals surface area contributed by atoms with Gasteiger partial charge in [0.05, 0.1) is 5.75 Å². The third kappa shape index (κ3) is 4.23. The predicted molar refractivity (Wildman–Crippen MR) is 52.3 cm³/mol. The fourth-order valence-electron chi connectivity index (χ4n) is 0.529. The van der Waals surface area contributed by atoms with Gasteiger partial charge >= 0.3 is 0 Å². The van der Waals surface area contributed by atoms with Crippen molar-refractivity contribution in [2.75, 3.05) is 12.8 Å². The molecule has 12 heavy (non-hydrogen) atoms. The van der Waals surface area contributed by atoms with Gasteiger partial charge in [-0.25, -0.2) is 0 Å². The summed E-state index contributed by atoms with van der Waals surface area (Å²) in [4.78, 5) is 12.9. The molecule has 0 unspecified atom stereocenters. The number of nitrogens with one attached hydrogen (secondary N) is 1. The zero-order valence-corrected chi connectivity index (χ0v) is 8.44. The number of hydrogen-bond donors (Lipinski definition) is 2. The number of rotatable bonds is 3. The van der Waals surface area contributed by atoms with E-state index in [4.69, 9.17) is 11.1 Å². The number of thioether (sulfide) groups is 1. The first-order valence-electron chi connectivity index (χ1n) is 3.67. The van der Waals surface area contributed by atoms with E-state index in [0.717, 1.165) is 11.8 Å². The number of carbonyl (C=O) groups excluding carboxylic acids is 1. The molecule has 0 saturated heterocycles. The molecular formula is C7H15N3OS. The topological polar surface area (TPSA) is 70.2 Å². The second-order valence-corrected chi connectivity index (χ2v) is 3.77. The van der Waals surface area contributed by atoms with Crippen LogP contribution in [0.3, 0.4) is 0 Å². The number of amidine groups is 1. The molecule has 0 fully saturated rings. The molecule has 0 bridgehead atoms. The highest BCUT2D eigenvalue weighted by Gasteiger charge is 2.11. The normalized spacial score (nSPS) is 10.0. The Labute approximate surface area is 77.0 Å². The molecule has 0 radical (unpaired) electrons. The van der Waals surface area contributed by atoms with Crippen molar-refractivity contribution >= 4 is 22.8 Å². The van der Waals surface area contributed by atoms with E-state index >= 15 is 0 Å². The number of nitrogens with zero attached hydrogens (tertiary/aromatic N) is 1. The SMILES string of the molecule is CC(C)N(C)C(=O)CSC(=N)N. The van der Waals surface area contributed by atoms with Crippen molar-refractivity contribution in [3.8, 4) is 0 Å². The molecule has 0 aromatic heterocycles. The van der Waals surface area contributed by atoms with Gasteiger partial charge in [-0.1, -0.05) is 11.8 Å². The Bertz CT molecular complexity index is 181. The van der Waals surface area contributed by atoms with E-state index in [1.807, 2.05) is 13.8 Å². The first-order valence-corrected chi connectivity index (χ1v) is 4.66. The minimum atomic E-state index is -0.0134. The van der Waals surface area contributed by atoms with Gasteiger partial charge in [0, 0.05) is 13.1 Å². The second-order valence-electron chi connectivity index (χ2n) is 2.75. The van der Waals surface area contributed by atoms with Crippen LogP contribution in [0.5, 0.6) is 0 Å². The van der Waals surface area contributed by atoms with Gasteiger partial charge in [0.25, 0.3) is 0 Å². The van der Waals surface area contributed by atoms with E-state index in [1.54, 1.807) is 11.9 Å². The molecule has 0 aliphatic rings. The smallest absolute Gasteiger partial charge is 0.233 e. The molecule has 1 amide bonds. The summed E-state index contributed by atoms with van der Waals surface area (Å²) in [5, 5.41) is 6.89. The Balaban J connectivity index is 3.80. The average molecular weight is 189 g/mol. The monoisotopic (exact) mass is 189 g/mol. The maximum atomic E-state index is 11.2. The van der Waals surface area contributed by atoms with Gasteiger partial charge in [-0.15, -0.1) is 0 Å². The molecule has 0 heterocycles. The first-order chi connectivity index (χ1) is 5.45. The van der Waals surface area contributed by atoms with Crippen molar-refractivity contribution < 1.29 is 4.79 Å². The van der Waals surface area contributed by atoms with Gasteiger partial charge in [0.15, 0.2) is 5.17 Å². The summed E-state index contributed by atoms with van der Waals surface area (Å²) in [6.07, 6.45) is 0. The lowest BCUT2D eigenvalue weighted by Crippen LogP contribution is -2.34. The van der Waals surface area contributed by atoms with Crippen LogP contribution in [0.15, 0.2) is 0 Å². The van der Waals surface area contributed by atoms with Gasteiger partial charge in [0.1, 0.15) is 0 Å². The minimum absolute atomic E-state index is 0.00481. The van der Waals surface area contributed by atoms with Crippen LogP contribution in [-0.4, -0.2) is 34.8 Å². The van der Waals surface area contributed by atoms with E-state index in [9.17, 15) is 4.79 Å². The fraction of sp³-hybridized carbons (Fsp3) is 0.714. The van der Waals surface area contributed by atoms with Crippen LogP contribution in [-0.2, 0) is 4.79 Å². The molecule has 0 aliphatic carbocycles. The maximum absolute atomic E-state index is 11.2. The molecule has 5 heteroatoms. The van der Waals surface area contributed by atoms with Crippen molar-refractivity contribution in [1.29, 1.82) is 5.41 Å². The van der Waals surface area contributed by atoms with Gasteiger partial charge in [-0.2, -0.15) is 0 Å². The highest BCUT2D eigenvalue weighted by molar-refractivity contribution is 8.14. The quantitative estimate of drug-likeness (QED) is 0.501. The summed E-state index contributed by atoms with van der Waals surface area (Å²) in [6.45, 7) is 3.88. The molecule has 0 atom stereocenters. The van der Waals surface area contributed by atoms with E-state index in [1.165, 1.54) is 0 Å². The van der Waals surface area contributed by atoms with Crippen LogP contribution >= 0.6 is 11.8 Å². The number of nitrogens with two attached hydrogens (primary N) is 1. The Morgan fingerprint density at radius 1 is 1.67 bits per heavy atom. The molecule has 0 aliphatic heterocycles. The Morgan fingerprint density at radius 2 is 2.17 bits per heavy atom. The highest BCUT2D eigenvalue weighted by Crippen LogP contribution is 2.02. The standard InChI is InChI=1S/C7H15N3OS/c1-5(2)10(3)6(11)4-12-7(8)9/h5H,4H2,1-3H3,(H3,8,9). The fourth-order valence-corrected chi connectivity index (χ4v) is 1.01. The lowest BCUT2D eigenvalue weighted by Gasteiger charge is -2.20. The van der Waals surface area contributed by atoms with Crippen molar-refractivity contribution in [3.63, 3.8) is 0 Å². The molecular weight excluding hydrogens is 174 g/mol. The average Bonchev–Trinajstić information content (AvgIpc) is 1.98. The van der Waals surface area contributed by atoms with Crippen molar-refractivity contribution in [2.45, 2.75) is 19.9 Å². The summed E-state index contributed by atoms with van der Waals surface area (Å²) < 4.78 is 0. The van der Waals surface area contributed by atoms with Gasteiger partial charge in [-0.05, 0) is 13.8 Å². The van der Waals surface area contributed by atoms with Crippen LogP contribution in [0.25, 0.3) is 0 Å². The lowest BCUT2D eigenvalue weighted by atomic mass is 10.3. The summed E-state index contributed by atoms with van der Waals surface area (Å²) in [5.74, 6) is 0.259. The van der Waals surface area contributed by atoms with E-state index in [-0.39, 0.29) is 22.9 Å². The lowest BCUT2D eigenvalue weighted by molar-refractivity contribution is -0.128. The predicted octanol–water partition coefficient (Wildman–Crippen LogP) is 0.480. The molecule has 0 aromatic rings. The Hall–Kier alpha value is -0.710. The summed E-state index contributed by atoms with van der Waals surface area (Å²) in [7, 11) is 1.74. The van der Waals surface area contributed by atoms with Gasteiger partial charge in [-0.3, -0.25) is 10.2 Å². The summed E-state index contributed by atoms with van der Waals surface area (Å²) in [5.41, 5.74) is 5.09. The summed E-state index contributed by atoms with van der Waals surface area (Å²) >= 11 is 1.05. The molecule has 0 aromatic carbocycles. The Morgan fingerprint density at radius 3 is 2.50 bits per heavy atom. The Kier molecular flexibility index (Phi) is 4.73. The molecule has 70 valence electrons. The number of hydrogen-bond acceptors (Lipinski definition) is 3. The van der Waals surface area contributed by atoms with Gasteiger partial charge < -0.3 is 10.6 Å². The minimum Gasteiger partial charge on any atom is -0.379 e. The highest BCUT2D eigenvalue weighted by atomic mass is 32.2. The zero-order valence-electron chi connectivity index (χ0n) is 7.63. The van der Waals surface area contributed by atoms with Gasteiger partial charge in [0.2, 0.25) is 5.91 Å². The van der Waals surface area contributed by atoms with Crippen LogP contribution < -0.4 is 5.73 Å². The van der Waals surface area contributed by atoms with E-state index in [2.05, 4.69) is 0 Å². The third-order valence-corrected chi connectivity index (χ3v) is 2.22. The molecule has 0 saturated carbocycles. The van der Waals surface area contributed by atoms with Crippen LogP contribution in [0.2, 0.25) is 0 Å². The van der Waals surface area contributed by atoms with Crippen molar-refractivity contribution in [1.82, 2.24) is 4.90 Å². The zero-order chi connectivity index (χ0) is 9.72. The molecule has 0 rings (SSSR count). The van der Waals surface area contributed by atoms with E-state index < -0.39 is 0 Å². The molecule has 3 N–H and O–H groups in total. The van der Waals surface area contributed by atoms with Crippen LogP contribution in [0.4, 0.5) is 0 Å². The van der Waals surface area contributed by atoms with Crippen molar-refractivity contribution in [3.05, 3.63) is 0 Å².